The molecule has 2 aromatic rings. The maximum Gasteiger partial charge on any atom is 0.277 e. The molecule has 26 heavy (non-hydrogen) atoms. The third-order valence-electron chi connectivity index (χ3n) is 3.67. The normalized spacial score (nSPS) is 18.5. The number of hydrogen-bond acceptors (Lipinski definition) is 9. The van der Waals surface area contributed by atoms with Crippen LogP contribution in [-0.4, -0.2) is 46.7 Å². The number of carbonyl (C=O) groups is 1. The predicted molar refractivity (Wildman–Crippen MR) is 92.8 cm³/mol. The Morgan fingerprint density at radius 2 is 2.23 bits per heavy atom. The van der Waals surface area contributed by atoms with Gasteiger partial charge in [-0.15, -0.1) is 10.2 Å². The van der Waals surface area contributed by atoms with E-state index in [9.17, 15) is 23.3 Å². The van der Waals surface area contributed by atoms with E-state index >= 15 is 0 Å². The smallest absolute Gasteiger partial charge is 0.277 e. The van der Waals surface area contributed by atoms with E-state index in [0.717, 1.165) is 11.8 Å². The van der Waals surface area contributed by atoms with Gasteiger partial charge in [0.2, 0.25) is 11.8 Å². The molecule has 1 aromatic carbocycles. The second kappa shape index (κ2) is 7.41. The molecule has 0 saturated carbocycles. The van der Waals surface area contributed by atoms with E-state index < -0.39 is 20.7 Å². The lowest BCUT2D eigenvalue weighted by Crippen LogP contribution is -2.14. The molecule has 1 aliphatic rings. The van der Waals surface area contributed by atoms with Crippen molar-refractivity contribution in [2.45, 2.75) is 17.6 Å². The van der Waals surface area contributed by atoms with Crippen molar-refractivity contribution in [3.8, 4) is 0 Å². The number of sulfone groups is 1. The Balaban J connectivity index is 1.54. The van der Waals surface area contributed by atoms with Gasteiger partial charge in [0.25, 0.3) is 10.9 Å². The van der Waals surface area contributed by atoms with Crippen molar-refractivity contribution < 1.29 is 22.6 Å². The minimum Gasteiger partial charge on any atom is -0.416 e. The van der Waals surface area contributed by atoms with Crippen LogP contribution in [0.25, 0.3) is 0 Å². The summed E-state index contributed by atoms with van der Waals surface area (Å²) in [6.45, 7) is 0. The Kier molecular flexibility index (Phi) is 5.23. The summed E-state index contributed by atoms with van der Waals surface area (Å²) in [7, 11) is -3.05. The van der Waals surface area contributed by atoms with E-state index in [-0.39, 0.29) is 40.0 Å². The zero-order valence-corrected chi connectivity index (χ0v) is 15.0. The molecule has 0 unspecified atom stereocenters. The average molecular weight is 398 g/mol. The highest BCUT2D eigenvalue weighted by Crippen LogP contribution is 2.29. The zero-order chi connectivity index (χ0) is 18.7. The molecule has 1 aliphatic heterocycles. The molecule has 0 aliphatic carbocycles. The first kappa shape index (κ1) is 18.3. The summed E-state index contributed by atoms with van der Waals surface area (Å²) < 4.78 is 28.4. The van der Waals surface area contributed by atoms with Gasteiger partial charge in [-0.2, -0.15) is 0 Å². The van der Waals surface area contributed by atoms with Crippen LogP contribution in [0.1, 0.15) is 18.2 Å². The quantitative estimate of drug-likeness (QED) is 0.435. The molecule has 0 bridgehead atoms. The molecule has 12 heteroatoms. The number of nitro benzene ring substituents is 1. The predicted octanol–water partition coefficient (Wildman–Crippen LogP) is 1.61. The molecule has 1 N–H and O–H groups in total. The molecule has 1 fully saturated rings. The molecule has 1 aromatic heterocycles. The monoisotopic (exact) mass is 398 g/mol. The van der Waals surface area contributed by atoms with Gasteiger partial charge in [0, 0.05) is 17.8 Å². The van der Waals surface area contributed by atoms with Crippen LogP contribution in [0.4, 0.5) is 11.4 Å². The Bertz CT molecular complexity index is 942. The van der Waals surface area contributed by atoms with Crippen LogP contribution in [0, 0.1) is 10.1 Å². The molecule has 10 nitrogen and oxygen atoms in total. The fraction of sp³-hybridized carbons (Fsp3) is 0.357. The standard InChI is InChI=1S/C14H14N4O6S2/c19-12(15-10-2-1-3-11(6-10)18(20)21)7-25-14-17-16-13(24-14)9-4-5-26(22,23)8-9/h1-3,6,9H,4-5,7-8H2,(H,15,19)/t9-/m0/s1. The van der Waals surface area contributed by atoms with Crippen LogP contribution in [0.5, 0.6) is 0 Å². The van der Waals surface area contributed by atoms with E-state index in [1.54, 1.807) is 6.07 Å². The maximum atomic E-state index is 11.9. The molecule has 1 amide bonds. The number of hydrogen-bond donors (Lipinski definition) is 1. The van der Waals surface area contributed by atoms with Gasteiger partial charge in [-0.1, -0.05) is 17.8 Å². The van der Waals surface area contributed by atoms with E-state index in [1.165, 1.54) is 18.2 Å². The second-order valence-corrected chi connectivity index (χ2v) is 8.81. The van der Waals surface area contributed by atoms with Crippen LogP contribution in [0.15, 0.2) is 33.9 Å². The van der Waals surface area contributed by atoms with Gasteiger partial charge < -0.3 is 9.73 Å². The number of nitrogens with one attached hydrogen (secondary N) is 1. The Morgan fingerprint density at radius 3 is 2.92 bits per heavy atom. The lowest BCUT2D eigenvalue weighted by Gasteiger charge is -2.03. The van der Waals surface area contributed by atoms with Gasteiger partial charge in [-0.25, -0.2) is 8.42 Å². The van der Waals surface area contributed by atoms with Crippen molar-refractivity contribution in [1.82, 2.24) is 10.2 Å². The number of non-ortho nitro benzene ring substituents is 1. The summed E-state index contributed by atoms with van der Waals surface area (Å²) in [5.41, 5.74) is 0.190. The average Bonchev–Trinajstić information content (AvgIpc) is 3.19. The first-order valence-corrected chi connectivity index (χ1v) is 10.3. The van der Waals surface area contributed by atoms with Crippen LogP contribution < -0.4 is 5.32 Å². The second-order valence-electron chi connectivity index (χ2n) is 5.65. The number of anilines is 1. The highest BCUT2D eigenvalue weighted by atomic mass is 32.2. The van der Waals surface area contributed by atoms with Crippen LogP contribution in [0.3, 0.4) is 0 Å². The van der Waals surface area contributed by atoms with Gasteiger partial charge in [0.1, 0.15) is 0 Å². The topological polar surface area (TPSA) is 145 Å². The first-order chi connectivity index (χ1) is 12.3. The zero-order valence-electron chi connectivity index (χ0n) is 13.3. The summed E-state index contributed by atoms with van der Waals surface area (Å²) in [5, 5.41) is 21.1. The van der Waals surface area contributed by atoms with Crippen molar-refractivity contribution in [2.24, 2.45) is 0 Å². The maximum absolute atomic E-state index is 11.9. The Morgan fingerprint density at radius 1 is 1.42 bits per heavy atom. The Labute approximate surface area is 152 Å². The van der Waals surface area contributed by atoms with Crippen molar-refractivity contribution in [2.75, 3.05) is 22.6 Å². The van der Waals surface area contributed by atoms with Gasteiger partial charge in [-0.3, -0.25) is 14.9 Å². The number of thioether (sulfide) groups is 1. The SMILES string of the molecule is O=C(CSc1nnc([C@H]2CCS(=O)(=O)C2)o1)Nc1cccc([N+](=O)[O-])c1. The highest BCUT2D eigenvalue weighted by molar-refractivity contribution is 7.99. The van der Waals surface area contributed by atoms with Gasteiger partial charge >= 0.3 is 0 Å². The molecule has 1 saturated heterocycles. The van der Waals surface area contributed by atoms with E-state index in [1.807, 2.05) is 0 Å². The molecule has 0 spiro atoms. The van der Waals surface area contributed by atoms with Crippen molar-refractivity contribution in [3.63, 3.8) is 0 Å². The number of nitrogens with zero attached hydrogens (tertiary/aromatic N) is 3. The minimum atomic E-state index is -3.05. The van der Waals surface area contributed by atoms with Gasteiger partial charge in [0.15, 0.2) is 9.84 Å². The van der Waals surface area contributed by atoms with Crippen molar-refractivity contribution in [3.05, 3.63) is 40.3 Å². The van der Waals surface area contributed by atoms with Gasteiger partial charge in [0.05, 0.1) is 28.1 Å². The van der Waals surface area contributed by atoms with Crippen LogP contribution in [-0.2, 0) is 14.6 Å². The summed E-state index contributed by atoms with van der Waals surface area (Å²) in [6, 6.07) is 5.60. The molecule has 138 valence electrons. The first-order valence-electron chi connectivity index (χ1n) is 7.53. The number of amides is 1. The fourth-order valence-corrected chi connectivity index (χ4v) is 4.76. The number of benzene rings is 1. The summed E-state index contributed by atoms with van der Waals surface area (Å²) in [5.74, 6) is -0.375. The third-order valence-corrected chi connectivity index (χ3v) is 6.26. The molecule has 1 atom stereocenters. The number of aromatic nitrogens is 2. The molecule has 0 radical (unpaired) electrons. The summed E-state index contributed by atoms with van der Waals surface area (Å²) in [6.07, 6.45) is 0.446. The summed E-state index contributed by atoms with van der Waals surface area (Å²) in [4.78, 5) is 22.1. The number of carbonyl (C=O) groups excluding carboxylic acids is 1. The lowest BCUT2D eigenvalue weighted by molar-refractivity contribution is -0.384. The lowest BCUT2D eigenvalue weighted by atomic mass is 10.1. The van der Waals surface area contributed by atoms with Gasteiger partial charge in [-0.05, 0) is 12.5 Å². The molecule has 2 heterocycles. The van der Waals surface area contributed by atoms with E-state index in [0.29, 0.717) is 12.1 Å². The highest BCUT2D eigenvalue weighted by Gasteiger charge is 2.32. The van der Waals surface area contributed by atoms with Crippen LogP contribution in [0.2, 0.25) is 0 Å². The van der Waals surface area contributed by atoms with E-state index in [4.69, 9.17) is 4.42 Å². The van der Waals surface area contributed by atoms with E-state index in [2.05, 4.69) is 15.5 Å². The fourth-order valence-electron chi connectivity index (χ4n) is 2.46. The van der Waals surface area contributed by atoms with Crippen molar-refractivity contribution >= 4 is 38.9 Å². The molecular weight excluding hydrogens is 384 g/mol. The van der Waals surface area contributed by atoms with Crippen LogP contribution >= 0.6 is 11.8 Å². The molecular formula is C14H14N4O6S2. The molecule has 3 rings (SSSR count). The number of nitro groups is 1. The number of rotatable bonds is 6. The largest absolute Gasteiger partial charge is 0.416 e. The Hall–Kier alpha value is -2.47. The minimum absolute atomic E-state index is 0.00737. The van der Waals surface area contributed by atoms with Crippen molar-refractivity contribution in [1.29, 1.82) is 0 Å². The summed E-state index contributed by atoms with van der Waals surface area (Å²) >= 11 is 1.00. The third kappa shape index (κ3) is 4.58.